The van der Waals surface area contributed by atoms with Gasteiger partial charge in [0.2, 0.25) is 0 Å². The maximum absolute atomic E-state index is 11.4. The van der Waals surface area contributed by atoms with Gasteiger partial charge in [-0.15, -0.1) is 0 Å². The third-order valence-electron chi connectivity index (χ3n) is 3.41. The Labute approximate surface area is 128 Å². The Morgan fingerprint density at radius 2 is 1.48 bits per heavy atom. The van der Waals surface area contributed by atoms with E-state index in [0.29, 0.717) is 6.61 Å². The van der Waals surface area contributed by atoms with E-state index in [0.717, 1.165) is 19.3 Å². The second kappa shape index (κ2) is 13.5. The van der Waals surface area contributed by atoms with Crippen molar-refractivity contribution in [3.05, 3.63) is 11.3 Å². The van der Waals surface area contributed by atoms with E-state index < -0.39 is 5.97 Å². The highest BCUT2D eigenvalue weighted by atomic mass is 16.5. The normalized spacial score (nSPS) is 11.7. The molecule has 0 aromatic heterocycles. The number of unbranched alkanes of at least 4 members (excludes halogenated alkanes) is 9. The molecule has 0 aromatic carbocycles. The van der Waals surface area contributed by atoms with Crippen LogP contribution in [-0.4, -0.2) is 17.7 Å². The van der Waals surface area contributed by atoms with Crippen LogP contribution >= 0.6 is 0 Å². The molecule has 0 saturated heterocycles. The Kier molecular flexibility index (Phi) is 12.5. The quantitative estimate of drug-likeness (QED) is 0.184. The van der Waals surface area contributed by atoms with Crippen LogP contribution in [0.2, 0.25) is 0 Å². The van der Waals surface area contributed by atoms with Crippen molar-refractivity contribution in [2.45, 2.75) is 78.1 Å². The van der Waals surface area contributed by atoms with Gasteiger partial charge in [-0.25, -0.2) is 4.79 Å². The van der Waals surface area contributed by atoms with Gasteiger partial charge in [-0.1, -0.05) is 64.7 Å². The van der Waals surface area contributed by atoms with Gasteiger partial charge in [0.05, 0.1) is 6.61 Å². The van der Waals surface area contributed by atoms with Crippen LogP contribution in [0, 0.1) is 11.3 Å². The van der Waals surface area contributed by atoms with Gasteiger partial charge >= 0.3 is 5.97 Å². The molecule has 21 heavy (non-hydrogen) atoms. The van der Waals surface area contributed by atoms with Crippen LogP contribution < -0.4 is 0 Å². The summed E-state index contributed by atoms with van der Waals surface area (Å²) in [5.74, 6) is -1.01. The minimum atomic E-state index is -0.728. The van der Waals surface area contributed by atoms with Crippen LogP contribution in [0.25, 0.3) is 0 Å². The highest BCUT2D eigenvalue weighted by Crippen LogP contribution is 2.11. The molecule has 120 valence electrons. The lowest BCUT2D eigenvalue weighted by atomic mass is 10.1. The number of esters is 1. The average molecular weight is 295 g/mol. The van der Waals surface area contributed by atoms with Crippen LogP contribution in [0.4, 0.5) is 0 Å². The number of nitrogens with zero attached hydrogens (tertiary/aromatic N) is 1. The van der Waals surface area contributed by atoms with Gasteiger partial charge in [-0.3, -0.25) is 0 Å². The Morgan fingerprint density at radius 3 is 1.90 bits per heavy atom. The molecule has 0 aliphatic rings. The van der Waals surface area contributed by atoms with Crippen LogP contribution in [-0.2, 0) is 9.53 Å². The molecular formula is C17H29NO3. The average Bonchev–Trinajstić information content (AvgIpc) is 2.45. The number of hydrogen-bond acceptors (Lipinski definition) is 4. The van der Waals surface area contributed by atoms with Gasteiger partial charge in [-0.05, 0) is 13.3 Å². The molecule has 1 N–H and O–H groups in total. The lowest BCUT2D eigenvalue weighted by Gasteiger charge is -2.04. The Morgan fingerprint density at radius 1 is 1.00 bits per heavy atom. The molecule has 0 fully saturated rings. The maximum atomic E-state index is 11.4. The summed E-state index contributed by atoms with van der Waals surface area (Å²) >= 11 is 0. The number of allylic oxidation sites excluding steroid dienone is 1. The summed E-state index contributed by atoms with van der Waals surface area (Å²) in [6.07, 6.45) is 12.2. The molecule has 4 nitrogen and oxygen atoms in total. The van der Waals surface area contributed by atoms with Crippen LogP contribution in [0.15, 0.2) is 11.3 Å². The van der Waals surface area contributed by atoms with E-state index in [1.807, 2.05) is 0 Å². The molecule has 0 spiro atoms. The fourth-order valence-corrected chi connectivity index (χ4v) is 2.10. The monoisotopic (exact) mass is 295 g/mol. The molecule has 4 heteroatoms. The van der Waals surface area contributed by atoms with Crippen molar-refractivity contribution in [3.8, 4) is 6.07 Å². The number of nitriles is 1. The summed E-state index contributed by atoms with van der Waals surface area (Å²) in [5.41, 5.74) is -0.304. The number of carbonyl (C=O) groups excluding carboxylic acids is 1. The van der Waals surface area contributed by atoms with Gasteiger partial charge in [0.25, 0.3) is 0 Å². The Bertz CT molecular complexity index is 352. The number of aliphatic hydroxyl groups is 1. The molecular weight excluding hydrogens is 266 g/mol. The molecule has 0 aliphatic carbocycles. The minimum Gasteiger partial charge on any atom is -0.511 e. The third kappa shape index (κ3) is 10.9. The molecule has 0 atom stereocenters. The van der Waals surface area contributed by atoms with Gasteiger partial charge in [0.1, 0.15) is 11.8 Å². The van der Waals surface area contributed by atoms with Gasteiger partial charge < -0.3 is 9.84 Å². The van der Waals surface area contributed by atoms with E-state index in [1.165, 1.54) is 51.9 Å². The molecule has 0 radical (unpaired) electrons. The zero-order valence-corrected chi connectivity index (χ0v) is 13.5. The number of ether oxygens (including phenoxy) is 1. The summed E-state index contributed by atoms with van der Waals surface area (Å²) in [4.78, 5) is 11.4. The van der Waals surface area contributed by atoms with E-state index in [-0.39, 0.29) is 11.3 Å². The first-order valence-electron chi connectivity index (χ1n) is 8.10. The van der Waals surface area contributed by atoms with Crippen LogP contribution in [0.1, 0.15) is 78.1 Å². The molecule has 0 aliphatic heterocycles. The fraction of sp³-hybridized carbons (Fsp3) is 0.765. The SMILES string of the molecule is CCCCCCCCCCCCOC(=O)/C(C#N)=C(/C)O. The van der Waals surface area contributed by atoms with Gasteiger partial charge in [-0.2, -0.15) is 5.26 Å². The Hall–Kier alpha value is -1.50. The van der Waals surface area contributed by atoms with Gasteiger partial charge in [0.15, 0.2) is 5.57 Å². The Balaban J connectivity index is 3.43. The molecule has 0 rings (SSSR count). The largest absolute Gasteiger partial charge is 0.511 e. The summed E-state index contributed by atoms with van der Waals surface area (Å²) < 4.78 is 4.95. The zero-order chi connectivity index (χ0) is 15.9. The molecule has 0 bridgehead atoms. The third-order valence-corrected chi connectivity index (χ3v) is 3.41. The smallest absolute Gasteiger partial charge is 0.352 e. The minimum absolute atomic E-state index is 0.287. The summed E-state index contributed by atoms with van der Waals surface area (Å²) in [6.45, 7) is 3.85. The van der Waals surface area contributed by atoms with Crippen molar-refractivity contribution >= 4 is 5.97 Å². The second-order valence-corrected chi connectivity index (χ2v) is 5.39. The second-order valence-electron chi connectivity index (χ2n) is 5.39. The van der Waals surface area contributed by atoms with Crippen molar-refractivity contribution in [2.24, 2.45) is 0 Å². The molecule has 0 unspecified atom stereocenters. The molecule has 0 heterocycles. The van der Waals surface area contributed by atoms with Crippen molar-refractivity contribution in [3.63, 3.8) is 0 Å². The van der Waals surface area contributed by atoms with E-state index in [2.05, 4.69) is 6.92 Å². The summed E-state index contributed by atoms with van der Waals surface area (Å²) in [6, 6.07) is 1.65. The van der Waals surface area contributed by atoms with Crippen molar-refractivity contribution in [1.29, 1.82) is 5.26 Å². The topological polar surface area (TPSA) is 70.3 Å². The number of aliphatic hydroxyl groups excluding tert-OH is 1. The maximum Gasteiger partial charge on any atom is 0.352 e. The fourth-order valence-electron chi connectivity index (χ4n) is 2.10. The van der Waals surface area contributed by atoms with Gasteiger partial charge in [0, 0.05) is 0 Å². The van der Waals surface area contributed by atoms with Crippen LogP contribution in [0.5, 0.6) is 0 Å². The van der Waals surface area contributed by atoms with E-state index in [1.54, 1.807) is 6.07 Å². The standard InChI is InChI=1S/C17H29NO3/c1-3-4-5-6-7-8-9-10-11-12-13-21-17(20)16(14-18)15(2)19/h19H,3-13H2,1-2H3/b16-15-. The number of carbonyl (C=O) groups is 1. The molecule has 0 saturated carbocycles. The summed E-state index contributed by atoms with van der Waals surface area (Å²) in [5, 5.41) is 17.8. The first-order valence-corrected chi connectivity index (χ1v) is 8.10. The molecule has 0 aromatic rings. The predicted octanol–water partition coefficient (Wildman–Crippen LogP) is 4.81. The first kappa shape index (κ1) is 19.5. The van der Waals surface area contributed by atoms with Crippen molar-refractivity contribution in [2.75, 3.05) is 6.61 Å². The van der Waals surface area contributed by atoms with Crippen molar-refractivity contribution in [1.82, 2.24) is 0 Å². The first-order chi connectivity index (χ1) is 10.1. The van der Waals surface area contributed by atoms with Crippen LogP contribution in [0.3, 0.4) is 0 Å². The highest BCUT2D eigenvalue weighted by molar-refractivity contribution is 5.93. The lowest BCUT2D eigenvalue weighted by Crippen LogP contribution is -2.09. The van der Waals surface area contributed by atoms with E-state index in [4.69, 9.17) is 15.1 Å². The van der Waals surface area contributed by atoms with Crippen molar-refractivity contribution < 1.29 is 14.6 Å². The predicted molar refractivity (Wildman–Crippen MR) is 83.7 cm³/mol. The zero-order valence-electron chi connectivity index (χ0n) is 13.5. The number of hydrogen-bond donors (Lipinski definition) is 1. The summed E-state index contributed by atoms with van der Waals surface area (Å²) in [7, 11) is 0. The van der Waals surface area contributed by atoms with E-state index in [9.17, 15) is 4.79 Å². The lowest BCUT2D eigenvalue weighted by molar-refractivity contribution is -0.138. The number of rotatable bonds is 12. The van der Waals surface area contributed by atoms with E-state index >= 15 is 0 Å². The highest BCUT2D eigenvalue weighted by Gasteiger charge is 2.13. The molecule has 0 amide bonds.